The Hall–Kier alpha value is 0.270. The molecule has 0 aliphatic carbocycles. The minimum Gasteiger partial charge on any atom is -0.306 e. The largest absolute Gasteiger partial charge is 0.306 e. The maximum absolute atomic E-state index is 4.43. The Labute approximate surface area is 87.7 Å². The fourth-order valence-corrected chi connectivity index (χ4v) is 2.88. The molecular weight excluding hydrogens is 180 g/mol. The highest BCUT2D eigenvalue weighted by atomic mass is 32.1. The Morgan fingerprint density at radius 2 is 2.23 bits per heavy atom. The van der Waals surface area contributed by atoms with Crippen LogP contribution >= 0.6 is 12.6 Å². The summed E-state index contributed by atoms with van der Waals surface area (Å²) in [5.41, 5.74) is 0. The predicted molar refractivity (Wildman–Crippen MR) is 61.5 cm³/mol. The lowest BCUT2D eigenvalue weighted by Crippen LogP contribution is -2.45. The van der Waals surface area contributed by atoms with Crippen LogP contribution in [0.25, 0.3) is 0 Å². The molecule has 0 bridgehead atoms. The van der Waals surface area contributed by atoms with Gasteiger partial charge in [-0.25, -0.2) is 0 Å². The van der Waals surface area contributed by atoms with Gasteiger partial charge < -0.3 is 9.80 Å². The van der Waals surface area contributed by atoms with Crippen molar-refractivity contribution in [1.29, 1.82) is 0 Å². The van der Waals surface area contributed by atoms with Crippen LogP contribution in [0.15, 0.2) is 0 Å². The van der Waals surface area contributed by atoms with E-state index in [-0.39, 0.29) is 0 Å². The van der Waals surface area contributed by atoms with Crippen LogP contribution < -0.4 is 0 Å². The molecule has 2 atom stereocenters. The van der Waals surface area contributed by atoms with Gasteiger partial charge in [-0.1, -0.05) is 0 Å². The highest BCUT2D eigenvalue weighted by molar-refractivity contribution is 7.80. The van der Waals surface area contributed by atoms with Crippen molar-refractivity contribution >= 4 is 12.6 Å². The summed E-state index contributed by atoms with van der Waals surface area (Å²) in [6, 6.07) is 0.645. The summed E-state index contributed by atoms with van der Waals surface area (Å²) in [4.78, 5) is 4.75. The highest BCUT2D eigenvalue weighted by Crippen LogP contribution is 2.21. The molecular formula is C10H22N2S. The van der Waals surface area contributed by atoms with Crippen molar-refractivity contribution in [2.75, 3.05) is 40.0 Å². The third kappa shape index (κ3) is 3.15. The molecule has 1 aliphatic heterocycles. The van der Waals surface area contributed by atoms with Crippen LogP contribution in [0.4, 0.5) is 0 Å². The SMILES string of the molecule is CN1CCCC(C(CS)N(C)C)C1. The molecule has 0 radical (unpaired) electrons. The molecule has 1 heterocycles. The van der Waals surface area contributed by atoms with E-state index >= 15 is 0 Å². The van der Waals surface area contributed by atoms with E-state index in [2.05, 4.69) is 43.6 Å². The molecule has 1 aliphatic rings. The Balaban J connectivity index is 2.47. The molecule has 1 fully saturated rings. The summed E-state index contributed by atoms with van der Waals surface area (Å²) in [5.74, 6) is 1.79. The lowest BCUT2D eigenvalue weighted by atomic mass is 9.91. The number of hydrogen-bond acceptors (Lipinski definition) is 3. The third-order valence-corrected chi connectivity index (χ3v) is 3.43. The van der Waals surface area contributed by atoms with E-state index in [1.54, 1.807) is 0 Å². The van der Waals surface area contributed by atoms with Crippen LogP contribution in [0, 0.1) is 5.92 Å². The van der Waals surface area contributed by atoms with E-state index in [9.17, 15) is 0 Å². The normalized spacial score (nSPS) is 27.9. The number of hydrogen-bond donors (Lipinski definition) is 1. The monoisotopic (exact) mass is 202 g/mol. The van der Waals surface area contributed by atoms with E-state index in [1.807, 2.05) is 0 Å². The number of nitrogens with zero attached hydrogens (tertiary/aromatic N) is 2. The van der Waals surface area contributed by atoms with Crippen LogP contribution in [-0.2, 0) is 0 Å². The smallest absolute Gasteiger partial charge is 0.0218 e. The number of likely N-dealkylation sites (tertiary alicyclic amines) is 1. The first-order valence-electron chi connectivity index (χ1n) is 5.11. The molecule has 13 heavy (non-hydrogen) atoms. The van der Waals surface area contributed by atoms with E-state index in [1.165, 1.54) is 25.9 Å². The Bertz CT molecular complexity index is 150. The first-order valence-corrected chi connectivity index (χ1v) is 5.74. The third-order valence-electron chi connectivity index (χ3n) is 3.06. The lowest BCUT2D eigenvalue weighted by molar-refractivity contribution is 0.134. The van der Waals surface area contributed by atoms with E-state index in [4.69, 9.17) is 0 Å². The molecule has 0 aromatic rings. The molecule has 2 unspecified atom stereocenters. The molecule has 0 saturated carbocycles. The molecule has 0 spiro atoms. The lowest BCUT2D eigenvalue weighted by Gasteiger charge is -2.37. The van der Waals surface area contributed by atoms with Crippen LogP contribution in [-0.4, -0.2) is 55.8 Å². The fraction of sp³-hybridized carbons (Fsp3) is 1.00. The van der Waals surface area contributed by atoms with Crippen molar-refractivity contribution in [3.8, 4) is 0 Å². The molecule has 0 N–H and O–H groups in total. The first kappa shape index (κ1) is 11.3. The molecule has 2 nitrogen and oxygen atoms in total. The fourth-order valence-electron chi connectivity index (χ4n) is 2.25. The maximum Gasteiger partial charge on any atom is 0.0218 e. The summed E-state index contributed by atoms with van der Waals surface area (Å²) < 4.78 is 0. The second kappa shape index (κ2) is 5.23. The average Bonchev–Trinajstić information content (AvgIpc) is 2.04. The Morgan fingerprint density at radius 1 is 1.54 bits per heavy atom. The second-order valence-electron chi connectivity index (χ2n) is 4.38. The van der Waals surface area contributed by atoms with E-state index in [0.29, 0.717) is 6.04 Å². The van der Waals surface area contributed by atoms with Crippen LogP contribution in [0.5, 0.6) is 0 Å². The van der Waals surface area contributed by atoms with E-state index in [0.717, 1.165) is 11.7 Å². The summed E-state index contributed by atoms with van der Waals surface area (Å²) in [6.45, 7) is 2.51. The standard InChI is InChI=1S/C10H22N2S/c1-11(2)10(8-13)9-5-4-6-12(3)7-9/h9-10,13H,4-8H2,1-3H3. The molecule has 1 rings (SSSR count). The highest BCUT2D eigenvalue weighted by Gasteiger charge is 2.25. The van der Waals surface area contributed by atoms with Gasteiger partial charge >= 0.3 is 0 Å². The zero-order valence-corrected chi connectivity index (χ0v) is 9.93. The zero-order chi connectivity index (χ0) is 9.84. The molecule has 78 valence electrons. The van der Waals surface area contributed by atoms with Crippen LogP contribution in [0.3, 0.4) is 0 Å². The molecule has 0 aromatic heterocycles. The van der Waals surface area contributed by atoms with Crippen molar-refractivity contribution < 1.29 is 0 Å². The Kier molecular flexibility index (Phi) is 4.56. The Morgan fingerprint density at radius 3 is 2.69 bits per heavy atom. The van der Waals surface area contributed by atoms with Gasteiger partial charge in [0, 0.05) is 18.3 Å². The van der Waals surface area contributed by atoms with Gasteiger partial charge in [-0.15, -0.1) is 0 Å². The van der Waals surface area contributed by atoms with Gasteiger partial charge in [0.05, 0.1) is 0 Å². The summed E-state index contributed by atoms with van der Waals surface area (Å²) in [5, 5.41) is 0. The second-order valence-corrected chi connectivity index (χ2v) is 4.74. The summed E-state index contributed by atoms with van der Waals surface area (Å²) >= 11 is 4.43. The van der Waals surface area contributed by atoms with Crippen molar-refractivity contribution in [2.45, 2.75) is 18.9 Å². The van der Waals surface area contributed by atoms with E-state index < -0.39 is 0 Å². The van der Waals surface area contributed by atoms with Crippen LogP contribution in [0.1, 0.15) is 12.8 Å². The summed E-state index contributed by atoms with van der Waals surface area (Å²) in [6.07, 6.45) is 2.72. The quantitative estimate of drug-likeness (QED) is 0.687. The predicted octanol–water partition coefficient (Wildman–Crippen LogP) is 1.19. The van der Waals surface area contributed by atoms with Crippen molar-refractivity contribution in [3.05, 3.63) is 0 Å². The minimum absolute atomic E-state index is 0.645. The zero-order valence-electron chi connectivity index (χ0n) is 9.03. The molecule has 0 aromatic carbocycles. The average molecular weight is 202 g/mol. The topological polar surface area (TPSA) is 6.48 Å². The van der Waals surface area contributed by atoms with Crippen molar-refractivity contribution in [1.82, 2.24) is 9.80 Å². The molecule has 0 amide bonds. The number of piperidine rings is 1. The summed E-state index contributed by atoms with van der Waals surface area (Å²) in [7, 11) is 6.54. The molecule has 1 saturated heterocycles. The van der Waals surface area contributed by atoms with Gasteiger partial charge in [0.25, 0.3) is 0 Å². The van der Waals surface area contributed by atoms with Crippen LogP contribution in [0.2, 0.25) is 0 Å². The van der Waals surface area contributed by atoms with Gasteiger partial charge in [0.1, 0.15) is 0 Å². The number of thiol groups is 1. The van der Waals surface area contributed by atoms with Gasteiger partial charge in [0.15, 0.2) is 0 Å². The first-order chi connectivity index (χ1) is 6.15. The van der Waals surface area contributed by atoms with Crippen molar-refractivity contribution in [2.24, 2.45) is 5.92 Å². The van der Waals surface area contributed by atoms with Gasteiger partial charge in [-0.3, -0.25) is 0 Å². The van der Waals surface area contributed by atoms with Gasteiger partial charge in [-0.05, 0) is 46.4 Å². The maximum atomic E-state index is 4.43. The minimum atomic E-state index is 0.645. The number of rotatable bonds is 3. The van der Waals surface area contributed by atoms with Crippen molar-refractivity contribution in [3.63, 3.8) is 0 Å². The van der Waals surface area contributed by atoms with Gasteiger partial charge in [-0.2, -0.15) is 12.6 Å². The van der Waals surface area contributed by atoms with Gasteiger partial charge in [0.2, 0.25) is 0 Å². The molecule has 3 heteroatoms.